The summed E-state index contributed by atoms with van der Waals surface area (Å²) in [4.78, 5) is 28.0. The molecule has 7 heteroatoms. The van der Waals surface area contributed by atoms with Crippen LogP contribution in [-0.2, 0) is 20.0 Å². The molecule has 166 valence electrons. The van der Waals surface area contributed by atoms with Crippen molar-refractivity contribution in [1.82, 2.24) is 0 Å². The van der Waals surface area contributed by atoms with E-state index < -0.39 is 20.7 Å². The normalized spacial score (nSPS) is 23.4. The number of ketones is 1. The monoisotopic (exact) mass is 459 g/mol. The molecule has 1 amide bonds. The molecule has 1 fully saturated rings. The Balaban J connectivity index is 0.00000272. The van der Waals surface area contributed by atoms with Gasteiger partial charge in [0.1, 0.15) is 0 Å². The predicted molar refractivity (Wildman–Crippen MR) is 128 cm³/mol. The maximum absolute atomic E-state index is 13.3. The molecule has 31 heavy (non-hydrogen) atoms. The van der Waals surface area contributed by atoms with Gasteiger partial charge < -0.3 is 0 Å². The highest BCUT2D eigenvalue weighted by atomic mass is 32.2. The number of hydrogen-bond donors (Lipinski definition) is 0. The number of anilines is 2. The van der Waals surface area contributed by atoms with Crippen LogP contribution in [0.2, 0.25) is 0 Å². The number of benzene rings is 2. The van der Waals surface area contributed by atoms with E-state index in [-0.39, 0.29) is 43.1 Å². The Bertz CT molecular complexity index is 1170. The van der Waals surface area contributed by atoms with Crippen molar-refractivity contribution >= 4 is 46.4 Å². The van der Waals surface area contributed by atoms with Gasteiger partial charge in [-0.3, -0.25) is 14.5 Å². The van der Waals surface area contributed by atoms with Gasteiger partial charge in [-0.15, -0.1) is 0 Å². The van der Waals surface area contributed by atoms with E-state index in [0.717, 1.165) is 22.5 Å². The Labute approximate surface area is 191 Å². The number of nitrogens with zero attached hydrogens (tertiary/aromatic N) is 1. The first-order valence-electron chi connectivity index (χ1n) is 10.2. The maximum atomic E-state index is 13.3. The molecule has 0 bridgehead atoms. The summed E-state index contributed by atoms with van der Waals surface area (Å²) in [5.74, 6) is 0.103. The number of aryl methyl sites for hydroxylation is 1. The van der Waals surface area contributed by atoms with Gasteiger partial charge in [-0.2, -0.15) is 13.5 Å². The van der Waals surface area contributed by atoms with Gasteiger partial charge in [0.2, 0.25) is 5.91 Å². The minimum absolute atomic E-state index is 0. The first-order valence-corrected chi connectivity index (χ1v) is 12.0. The van der Waals surface area contributed by atoms with E-state index in [9.17, 15) is 18.0 Å². The van der Waals surface area contributed by atoms with Crippen molar-refractivity contribution in [2.45, 2.75) is 46.0 Å². The third-order valence-electron chi connectivity index (χ3n) is 6.40. The van der Waals surface area contributed by atoms with E-state index in [4.69, 9.17) is 0 Å². The Hall–Kier alpha value is -2.12. The van der Waals surface area contributed by atoms with Crippen LogP contribution in [0, 0.1) is 12.3 Å². The zero-order chi connectivity index (χ0) is 21.9. The van der Waals surface area contributed by atoms with Crippen LogP contribution in [0.25, 0.3) is 0 Å². The minimum Gasteiger partial charge on any atom is -0.294 e. The lowest BCUT2D eigenvalue weighted by atomic mass is 9.81. The molecular weight excluding hydrogens is 430 g/mol. The summed E-state index contributed by atoms with van der Waals surface area (Å²) in [6.07, 6.45) is 0.706. The van der Waals surface area contributed by atoms with Crippen molar-refractivity contribution in [1.29, 1.82) is 0 Å². The second-order valence-corrected chi connectivity index (χ2v) is 11.8. The fourth-order valence-corrected chi connectivity index (χ4v) is 6.90. The van der Waals surface area contributed by atoms with E-state index in [2.05, 4.69) is 0 Å². The molecule has 5 nitrogen and oxygen atoms in total. The minimum atomic E-state index is -3.06. The van der Waals surface area contributed by atoms with Crippen LogP contribution in [0.3, 0.4) is 0 Å². The van der Waals surface area contributed by atoms with E-state index in [1.165, 1.54) is 0 Å². The number of fused-ring (bicyclic) bond motifs is 1. The van der Waals surface area contributed by atoms with Crippen molar-refractivity contribution < 1.29 is 18.0 Å². The van der Waals surface area contributed by atoms with Gasteiger partial charge in [0.05, 0.1) is 22.6 Å². The van der Waals surface area contributed by atoms with Crippen LogP contribution in [-0.4, -0.2) is 31.6 Å². The zero-order valence-electron chi connectivity index (χ0n) is 18.4. The number of carbonyl (C=O) groups excluding carboxylic acids is 2. The van der Waals surface area contributed by atoms with E-state index >= 15 is 0 Å². The van der Waals surface area contributed by atoms with Gasteiger partial charge in [-0.1, -0.05) is 19.1 Å². The Morgan fingerprint density at radius 1 is 1.10 bits per heavy atom. The van der Waals surface area contributed by atoms with Gasteiger partial charge in [0.25, 0.3) is 0 Å². The number of rotatable bonds is 4. The van der Waals surface area contributed by atoms with Crippen LogP contribution >= 0.6 is 13.5 Å². The molecule has 2 aromatic carbocycles. The lowest BCUT2D eigenvalue weighted by Crippen LogP contribution is -2.33. The van der Waals surface area contributed by atoms with Gasteiger partial charge in [0.15, 0.2) is 15.6 Å². The third-order valence-corrected chi connectivity index (χ3v) is 8.37. The van der Waals surface area contributed by atoms with E-state index in [1.54, 1.807) is 11.0 Å². The van der Waals surface area contributed by atoms with Crippen LogP contribution in [0.5, 0.6) is 0 Å². The largest absolute Gasteiger partial charge is 0.294 e. The topological polar surface area (TPSA) is 71.5 Å². The summed E-state index contributed by atoms with van der Waals surface area (Å²) < 4.78 is 23.8. The quantitative estimate of drug-likeness (QED) is 0.633. The highest BCUT2D eigenvalue weighted by molar-refractivity contribution is 7.91. The molecule has 1 saturated heterocycles. The molecule has 2 aliphatic heterocycles. The summed E-state index contributed by atoms with van der Waals surface area (Å²) in [5, 5.41) is 0. The molecule has 0 aromatic heterocycles. The first-order chi connectivity index (χ1) is 13.9. The number of carbonyl (C=O) groups is 2. The lowest BCUT2D eigenvalue weighted by molar-refractivity contribution is -0.121. The first kappa shape index (κ1) is 23.5. The summed E-state index contributed by atoms with van der Waals surface area (Å²) in [6.45, 7) is 7.61. The third kappa shape index (κ3) is 4.17. The summed E-state index contributed by atoms with van der Waals surface area (Å²) in [7, 11) is -3.06. The molecule has 2 aliphatic rings. The lowest BCUT2D eigenvalue weighted by Gasteiger charge is -2.21. The molecule has 0 N–H and O–H groups in total. The highest BCUT2D eigenvalue weighted by Gasteiger charge is 2.45. The molecular formula is C24H29NO4S2. The maximum Gasteiger partial charge on any atom is 0.241 e. The van der Waals surface area contributed by atoms with E-state index in [1.807, 2.05) is 64.1 Å². The Kier molecular flexibility index (Phi) is 5.91. The molecule has 0 saturated carbocycles. The summed E-state index contributed by atoms with van der Waals surface area (Å²) >= 11 is 0. The van der Waals surface area contributed by atoms with Gasteiger partial charge in [-0.25, -0.2) is 8.42 Å². The molecule has 2 heterocycles. The van der Waals surface area contributed by atoms with Gasteiger partial charge >= 0.3 is 0 Å². The number of Topliss-reactive ketones (excluding diaryl/α,β-unsaturated/α-hetero) is 1. The summed E-state index contributed by atoms with van der Waals surface area (Å²) in [5.41, 5.74) is 2.76. The van der Waals surface area contributed by atoms with Crippen molar-refractivity contribution in [3.05, 3.63) is 59.2 Å². The van der Waals surface area contributed by atoms with Crippen molar-refractivity contribution in [3.8, 4) is 0 Å². The highest BCUT2D eigenvalue weighted by Crippen LogP contribution is 2.46. The average molecular weight is 460 g/mol. The SMILES string of the molecule is Cc1cccc(N2C(=O)C(C)(C)c3cc(C(=O)C[C@@]4(C)CCS(=O)(=O)C4)ccc32)c1.S. The molecule has 0 spiro atoms. The second-order valence-electron chi connectivity index (χ2n) is 9.59. The predicted octanol–water partition coefficient (Wildman–Crippen LogP) is 4.46. The Morgan fingerprint density at radius 3 is 2.42 bits per heavy atom. The summed E-state index contributed by atoms with van der Waals surface area (Å²) in [6, 6.07) is 13.2. The van der Waals surface area contributed by atoms with Crippen LogP contribution in [0.15, 0.2) is 42.5 Å². The van der Waals surface area contributed by atoms with Crippen LogP contribution < -0.4 is 4.90 Å². The van der Waals surface area contributed by atoms with Crippen LogP contribution in [0.4, 0.5) is 11.4 Å². The zero-order valence-corrected chi connectivity index (χ0v) is 20.2. The number of sulfone groups is 1. The number of amides is 1. The molecule has 0 aliphatic carbocycles. The van der Waals surface area contributed by atoms with E-state index in [0.29, 0.717) is 12.0 Å². The molecule has 0 radical (unpaired) electrons. The fourth-order valence-electron chi connectivity index (χ4n) is 4.64. The smallest absolute Gasteiger partial charge is 0.241 e. The molecule has 0 unspecified atom stereocenters. The Morgan fingerprint density at radius 2 is 1.81 bits per heavy atom. The number of hydrogen-bond acceptors (Lipinski definition) is 4. The molecule has 2 aromatic rings. The average Bonchev–Trinajstić information content (AvgIpc) is 3.04. The molecule has 4 rings (SSSR count). The van der Waals surface area contributed by atoms with Crippen molar-refractivity contribution in [2.75, 3.05) is 16.4 Å². The van der Waals surface area contributed by atoms with Crippen molar-refractivity contribution in [2.24, 2.45) is 5.41 Å². The van der Waals surface area contributed by atoms with Gasteiger partial charge in [-0.05, 0) is 74.1 Å². The van der Waals surface area contributed by atoms with Crippen LogP contribution in [0.1, 0.15) is 55.1 Å². The van der Waals surface area contributed by atoms with Gasteiger partial charge in [0, 0.05) is 17.7 Å². The van der Waals surface area contributed by atoms with Crippen molar-refractivity contribution in [3.63, 3.8) is 0 Å². The standard InChI is InChI=1S/C24H27NO4S.H2S/c1-16-6-5-7-18(12-16)25-20-9-8-17(13-19(20)23(2,3)22(25)27)21(26)14-24(4)10-11-30(28,29)15-24;/h5-9,12-13H,10-11,14-15H2,1-4H3;1H2/t24-;/m1./s1. The fraction of sp³-hybridized carbons (Fsp3) is 0.417. The molecule has 1 atom stereocenters. The second kappa shape index (κ2) is 7.78.